The Bertz CT molecular complexity index is 961. The standard InChI is InChI=1S/C18H16N4O2/c1-22-16-6-4-13(8-11(16)3-7-17(22)23)21-18(24)12-2-5-14-15(9-12)20-10-19-14/h2,4-6,8-10H,3,7H2,1H3,(H,19,20)(H,21,24). The van der Waals surface area contributed by atoms with Crippen molar-refractivity contribution < 1.29 is 9.59 Å². The molecule has 6 heteroatoms. The fraction of sp³-hybridized carbons (Fsp3) is 0.167. The maximum atomic E-state index is 12.5. The highest BCUT2D eigenvalue weighted by molar-refractivity contribution is 6.06. The maximum Gasteiger partial charge on any atom is 0.255 e. The number of imidazole rings is 1. The Morgan fingerprint density at radius 2 is 2.08 bits per heavy atom. The Morgan fingerprint density at radius 3 is 2.96 bits per heavy atom. The van der Waals surface area contributed by atoms with E-state index in [0.717, 1.165) is 28.0 Å². The van der Waals surface area contributed by atoms with Gasteiger partial charge in [0.2, 0.25) is 5.91 Å². The number of aromatic amines is 1. The van der Waals surface area contributed by atoms with E-state index >= 15 is 0 Å². The van der Waals surface area contributed by atoms with Crippen molar-refractivity contribution in [2.24, 2.45) is 0 Å². The number of aryl methyl sites for hydroxylation is 1. The van der Waals surface area contributed by atoms with E-state index in [0.29, 0.717) is 18.4 Å². The zero-order valence-corrected chi connectivity index (χ0v) is 13.2. The number of hydrogen-bond acceptors (Lipinski definition) is 3. The molecule has 2 amide bonds. The predicted molar refractivity (Wildman–Crippen MR) is 92.2 cm³/mol. The molecule has 2 heterocycles. The van der Waals surface area contributed by atoms with Gasteiger partial charge < -0.3 is 15.2 Å². The molecule has 0 radical (unpaired) electrons. The van der Waals surface area contributed by atoms with E-state index < -0.39 is 0 Å². The van der Waals surface area contributed by atoms with Crippen molar-refractivity contribution in [1.82, 2.24) is 9.97 Å². The number of aromatic nitrogens is 2. The van der Waals surface area contributed by atoms with E-state index in [9.17, 15) is 9.59 Å². The van der Waals surface area contributed by atoms with Gasteiger partial charge in [-0.15, -0.1) is 0 Å². The van der Waals surface area contributed by atoms with E-state index in [-0.39, 0.29) is 11.8 Å². The summed E-state index contributed by atoms with van der Waals surface area (Å²) in [5.74, 6) is -0.0566. The van der Waals surface area contributed by atoms with E-state index in [4.69, 9.17) is 0 Å². The molecule has 0 bridgehead atoms. The molecule has 0 unspecified atom stereocenters. The Hall–Kier alpha value is -3.15. The van der Waals surface area contributed by atoms with Crippen LogP contribution in [0.3, 0.4) is 0 Å². The van der Waals surface area contributed by atoms with Crippen LogP contribution in [0.4, 0.5) is 11.4 Å². The highest BCUT2D eigenvalue weighted by atomic mass is 16.2. The van der Waals surface area contributed by atoms with Gasteiger partial charge in [-0.3, -0.25) is 9.59 Å². The smallest absolute Gasteiger partial charge is 0.255 e. The minimum absolute atomic E-state index is 0.118. The van der Waals surface area contributed by atoms with Crippen LogP contribution < -0.4 is 10.2 Å². The monoisotopic (exact) mass is 320 g/mol. The van der Waals surface area contributed by atoms with E-state index in [1.807, 2.05) is 24.3 Å². The number of fused-ring (bicyclic) bond motifs is 2. The zero-order chi connectivity index (χ0) is 16.7. The number of anilines is 2. The Balaban J connectivity index is 1.58. The number of carbonyl (C=O) groups is 2. The molecule has 120 valence electrons. The molecule has 24 heavy (non-hydrogen) atoms. The third kappa shape index (κ3) is 2.42. The molecular formula is C18H16N4O2. The lowest BCUT2D eigenvalue weighted by Gasteiger charge is -2.26. The largest absolute Gasteiger partial charge is 0.345 e. The summed E-state index contributed by atoms with van der Waals surface area (Å²) in [4.78, 5) is 33.0. The molecule has 6 nitrogen and oxygen atoms in total. The third-order valence-corrected chi connectivity index (χ3v) is 4.36. The second kappa shape index (κ2) is 5.49. The number of nitrogens with one attached hydrogen (secondary N) is 2. The van der Waals surface area contributed by atoms with Crippen molar-refractivity contribution in [2.75, 3.05) is 17.3 Å². The number of rotatable bonds is 2. The van der Waals surface area contributed by atoms with Crippen LogP contribution >= 0.6 is 0 Å². The van der Waals surface area contributed by atoms with Crippen LogP contribution in [-0.4, -0.2) is 28.8 Å². The Morgan fingerprint density at radius 1 is 1.21 bits per heavy atom. The summed E-state index contributed by atoms with van der Waals surface area (Å²) in [5.41, 5.74) is 4.92. The molecule has 0 atom stereocenters. The van der Waals surface area contributed by atoms with Gasteiger partial charge in [0.05, 0.1) is 17.4 Å². The summed E-state index contributed by atoms with van der Waals surface area (Å²) < 4.78 is 0. The van der Waals surface area contributed by atoms with Crippen LogP contribution in [0.5, 0.6) is 0 Å². The highest BCUT2D eigenvalue weighted by Gasteiger charge is 2.21. The molecule has 0 spiro atoms. The first-order valence-corrected chi connectivity index (χ1v) is 7.76. The maximum absolute atomic E-state index is 12.5. The first kappa shape index (κ1) is 14.4. The molecule has 0 fully saturated rings. The quantitative estimate of drug-likeness (QED) is 0.762. The second-order valence-corrected chi connectivity index (χ2v) is 5.88. The average Bonchev–Trinajstić information content (AvgIpc) is 3.06. The average molecular weight is 320 g/mol. The molecule has 4 rings (SSSR count). The van der Waals surface area contributed by atoms with Gasteiger partial charge in [-0.25, -0.2) is 4.98 Å². The number of nitrogens with zero attached hydrogens (tertiary/aromatic N) is 2. The van der Waals surface area contributed by atoms with Crippen LogP contribution in [-0.2, 0) is 11.2 Å². The summed E-state index contributed by atoms with van der Waals surface area (Å²) in [6.45, 7) is 0. The van der Waals surface area contributed by atoms with Crippen LogP contribution in [0.1, 0.15) is 22.3 Å². The van der Waals surface area contributed by atoms with Crippen molar-refractivity contribution in [3.63, 3.8) is 0 Å². The van der Waals surface area contributed by atoms with Crippen LogP contribution in [0.15, 0.2) is 42.7 Å². The van der Waals surface area contributed by atoms with Crippen LogP contribution in [0.2, 0.25) is 0 Å². The Kier molecular flexibility index (Phi) is 3.30. The lowest BCUT2D eigenvalue weighted by atomic mass is 10.0. The number of H-pyrrole nitrogens is 1. The van der Waals surface area contributed by atoms with Crippen LogP contribution in [0, 0.1) is 0 Å². The second-order valence-electron chi connectivity index (χ2n) is 5.88. The summed E-state index contributed by atoms with van der Waals surface area (Å²) in [5, 5.41) is 2.91. The normalized spacial score (nSPS) is 13.9. The fourth-order valence-corrected chi connectivity index (χ4v) is 3.01. The Labute approximate surface area is 138 Å². The van der Waals surface area contributed by atoms with Gasteiger partial charge >= 0.3 is 0 Å². The van der Waals surface area contributed by atoms with Gasteiger partial charge in [-0.05, 0) is 48.4 Å². The molecule has 0 saturated carbocycles. The lowest BCUT2D eigenvalue weighted by Crippen LogP contribution is -2.31. The van der Waals surface area contributed by atoms with Gasteiger partial charge in [-0.1, -0.05) is 0 Å². The first-order chi connectivity index (χ1) is 11.6. The number of amides is 2. The summed E-state index contributed by atoms with van der Waals surface area (Å²) in [7, 11) is 1.78. The van der Waals surface area contributed by atoms with E-state index in [1.54, 1.807) is 30.4 Å². The molecule has 1 aliphatic heterocycles. The van der Waals surface area contributed by atoms with Gasteiger partial charge in [-0.2, -0.15) is 0 Å². The van der Waals surface area contributed by atoms with Gasteiger partial charge in [0.1, 0.15) is 0 Å². The predicted octanol–water partition coefficient (Wildman–Crippen LogP) is 2.72. The minimum atomic E-state index is -0.174. The SMILES string of the molecule is CN1C(=O)CCc2cc(NC(=O)c3ccc4nc[nH]c4c3)ccc21. The van der Waals surface area contributed by atoms with Crippen molar-refractivity contribution in [1.29, 1.82) is 0 Å². The summed E-state index contributed by atoms with van der Waals surface area (Å²) >= 11 is 0. The van der Waals surface area contributed by atoms with E-state index in [1.165, 1.54) is 0 Å². The molecule has 2 aromatic carbocycles. The van der Waals surface area contributed by atoms with Crippen molar-refractivity contribution in [3.05, 3.63) is 53.9 Å². The minimum Gasteiger partial charge on any atom is -0.345 e. The van der Waals surface area contributed by atoms with Crippen LogP contribution in [0.25, 0.3) is 11.0 Å². The number of hydrogen-bond donors (Lipinski definition) is 2. The molecule has 1 aromatic heterocycles. The first-order valence-electron chi connectivity index (χ1n) is 7.76. The molecule has 2 N–H and O–H groups in total. The van der Waals surface area contributed by atoms with Gasteiger partial charge in [0, 0.05) is 30.4 Å². The fourth-order valence-electron chi connectivity index (χ4n) is 3.01. The number of carbonyl (C=O) groups excluding carboxylic acids is 2. The summed E-state index contributed by atoms with van der Waals surface area (Å²) in [6.07, 6.45) is 2.80. The van der Waals surface area contributed by atoms with Crippen molar-refractivity contribution in [2.45, 2.75) is 12.8 Å². The zero-order valence-electron chi connectivity index (χ0n) is 13.2. The van der Waals surface area contributed by atoms with Crippen molar-refractivity contribution in [3.8, 4) is 0 Å². The topological polar surface area (TPSA) is 78.1 Å². The molecular weight excluding hydrogens is 304 g/mol. The number of benzene rings is 2. The van der Waals surface area contributed by atoms with Crippen molar-refractivity contribution >= 4 is 34.2 Å². The van der Waals surface area contributed by atoms with Gasteiger partial charge in [0.15, 0.2) is 0 Å². The lowest BCUT2D eigenvalue weighted by molar-refractivity contribution is -0.118. The summed E-state index contributed by atoms with van der Waals surface area (Å²) in [6, 6.07) is 11.0. The third-order valence-electron chi connectivity index (χ3n) is 4.36. The van der Waals surface area contributed by atoms with E-state index in [2.05, 4.69) is 15.3 Å². The molecule has 3 aromatic rings. The molecule has 0 saturated heterocycles. The molecule has 1 aliphatic rings. The highest BCUT2D eigenvalue weighted by Crippen LogP contribution is 2.29. The van der Waals surface area contributed by atoms with Gasteiger partial charge in [0.25, 0.3) is 5.91 Å². The molecule has 0 aliphatic carbocycles.